The van der Waals surface area contributed by atoms with Gasteiger partial charge in [-0.05, 0) is 34.4 Å². The number of hydrogen-bond donors (Lipinski definition) is 1. The van der Waals surface area contributed by atoms with Crippen LogP contribution in [0.1, 0.15) is 11.1 Å². The highest BCUT2D eigenvalue weighted by Crippen LogP contribution is 2.29. The fraction of sp³-hybridized carbons (Fsp3) is 0.0833. The molecule has 34 heavy (non-hydrogen) atoms. The molecule has 1 unspecified atom stereocenters. The van der Waals surface area contributed by atoms with E-state index >= 15 is 0 Å². The Kier molecular flexibility index (Phi) is 6.71. The van der Waals surface area contributed by atoms with E-state index in [9.17, 15) is 23.5 Å². The molecule has 0 saturated heterocycles. The fourth-order valence-electron chi connectivity index (χ4n) is 3.53. The zero-order valence-corrected chi connectivity index (χ0v) is 18.4. The van der Waals surface area contributed by atoms with Crippen molar-refractivity contribution < 1.29 is 18.1 Å². The van der Waals surface area contributed by atoms with Crippen LogP contribution in [0.25, 0.3) is 22.3 Å². The smallest absolute Gasteiger partial charge is 0.275 e. The fourth-order valence-corrected chi connectivity index (χ4v) is 4.01. The molecule has 0 amide bonds. The zero-order chi connectivity index (χ0) is 24.2. The van der Waals surface area contributed by atoms with Gasteiger partial charge in [0.2, 0.25) is 0 Å². The third-order valence-electron chi connectivity index (χ3n) is 5.21. The van der Waals surface area contributed by atoms with E-state index in [1.54, 1.807) is 36.4 Å². The highest BCUT2D eigenvalue weighted by atomic mass is 32.2. The first-order valence-corrected chi connectivity index (χ1v) is 11.4. The molecule has 0 radical (unpaired) electrons. The van der Waals surface area contributed by atoms with Gasteiger partial charge in [-0.15, -0.1) is 0 Å². The highest BCUT2D eigenvalue weighted by Gasteiger charge is 2.16. The largest absolute Gasteiger partial charge is 0.306 e. The first-order valence-electron chi connectivity index (χ1n) is 10.1. The van der Waals surface area contributed by atoms with Crippen molar-refractivity contribution in [1.29, 1.82) is 0 Å². The molecule has 0 bridgehead atoms. The molecule has 0 fully saturated rings. The van der Waals surface area contributed by atoms with E-state index in [-0.39, 0.29) is 18.0 Å². The molecule has 1 N–H and O–H groups in total. The number of non-ortho nitro benzene ring substituents is 1. The lowest BCUT2D eigenvalue weighted by molar-refractivity contribution is -0.384. The average molecular weight is 479 g/mol. The molecule has 4 aromatic rings. The van der Waals surface area contributed by atoms with Crippen LogP contribution in [0.15, 0.2) is 83.8 Å². The summed E-state index contributed by atoms with van der Waals surface area (Å²) in [5.74, 6) is -0.452. The maximum absolute atomic E-state index is 13.5. The first kappa shape index (κ1) is 23.1. The van der Waals surface area contributed by atoms with E-state index in [4.69, 9.17) is 4.55 Å². The van der Waals surface area contributed by atoms with E-state index in [1.807, 2.05) is 0 Å². The normalized spacial score (nSPS) is 11.8. The van der Waals surface area contributed by atoms with Crippen LogP contribution in [0, 0.1) is 15.9 Å². The second-order valence-corrected chi connectivity index (χ2v) is 8.42. The number of halogens is 1. The van der Waals surface area contributed by atoms with Gasteiger partial charge in [-0.2, -0.15) is 5.10 Å². The molecule has 10 heteroatoms. The number of aromatic nitrogens is 2. The van der Waals surface area contributed by atoms with Gasteiger partial charge in [-0.1, -0.05) is 48.5 Å². The van der Waals surface area contributed by atoms with Crippen LogP contribution in [0.4, 0.5) is 10.1 Å². The standard InChI is InChI=1S/C24H18FN3O5S/c25-20-9-7-19(8-10-20)23-22(18-5-1-17(2-6-18)15-34(32)33)13-26-27(24(23)29)14-16-3-11-21(12-4-16)28(30)31/h1-13H,14-15H2,(H,32,33). The Bertz CT molecular complexity index is 1420. The van der Waals surface area contributed by atoms with Crippen LogP contribution >= 0.6 is 0 Å². The van der Waals surface area contributed by atoms with Gasteiger partial charge in [0.15, 0.2) is 11.1 Å². The monoisotopic (exact) mass is 479 g/mol. The van der Waals surface area contributed by atoms with Gasteiger partial charge in [0.25, 0.3) is 11.2 Å². The molecule has 0 saturated carbocycles. The summed E-state index contributed by atoms with van der Waals surface area (Å²) in [4.78, 5) is 23.8. The third kappa shape index (κ3) is 5.13. The van der Waals surface area contributed by atoms with Crippen molar-refractivity contribution in [2.24, 2.45) is 0 Å². The molecule has 172 valence electrons. The number of nitro benzene ring substituents is 1. The van der Waals surface area contributed by atoms with Gasteiger partial charge in [-0.25, -0.2) is 13.3 Å². The van der Waals surface area contributed by atoms with E-state index < -0.39 is 27.4 Å². The number of nitrogens with zero attached hydrogens (tertiary/aromatic N) is 3. The van der Waals surface area contributed by atoms with Gasteiger partial charge >= 0.3 is 0 Å². The van der Waals surface area contributed by atoms with Crippen LogP contribution in [0.5, 0.6) is 0 Å². The van der Waals surface area contributed by atoms with Crippen molar-refractivity contribution in [2.75, 3.05) is 0 Å². The van der Waals surface area contributed by atoms with Crippen molar-refractivity contribution in [3.05, 3.63) is 116 Å². The molecule has 8 nitrogen and oxygen atoms in total. The van der Waals surface area contributed by atoms with Crippen LogP contribution in [0.2, 0.25) is 0 Å². The third-order valence-corrected chi connectivity index (χ3v) is 5.79. The van der Waals surface area contributed by atoms with Crippen LogP contribution in [0.3, 0.4) is 0 Å². The molecule has 0 spiro atoms. The topological polar surface area (TPSA) is 115 Å². The van der Waals surface area contributed by atoms with Gasteiger partial charge in [0.05, 0.1) is 29.0 Å². The summed E-state index contributed by atoms with van der Waals surface area (Å²) in [5, 5.41) is 15.2. The summed E-state index contributed by atoms with van der Waals surface area (Å²) in [5.41, 5.74) is 2.85. The Hall–Kier alpha value is -4.02. The maximum atomic E-state index is 13.5. The molecule has 1 atom stereocenters. The SMILES string of the molecule is O=c1c(-c2ccc(F)cc2)c(-c2ccc(CS(=O)O)cc2)cnn1Cc1ccc([N+](=O)[O-])cc1. The number of hydrogen-bond acceptors (Lipinski definition) is 5. The summed E-state index contributed by atoms with van der Waals surface area (Å²) in [6.45, 7) is 0.0898. The molecular weight excluding hydrogens is 461 g/mol. The maximum Gasteiger partial charge on any atom is 0.275 e. The molecule has 4 rings (SSSR count). The molecule has 0 aliphatic rings. The van der Waals surface area contributed by atoms with Gasteiger partial charge < -0.3 is 4.55 Å². The van der Waals surface area contributed by atoms with Crippen LogP contribution < -0.4 is 5.56 Å². The highest BCUT2D eigenvalue weighted by molar-refractivity contribution is 7.78. The predicted octanol–water partition coefficient (Wildman–Crippen LogP) is 4.39. The predicted molar refractivity (Wildman–Crippen MR) is 126 cm³/mol. The molecule has 0 aliphatic carbocycles. The van der Waals surface area contributed by atoms with Gasteiger partial charge in [0, 0.05) is 17.7 Å². The van der Waals surface area contributed by atoms with E-state index in [0.29, 0.717) is 33.4 Å². The second-order valence-electron chi connectivity index (χ2n) is 7.49. The van der Waals surface area contributed by atoms with Crippen LogP contribution in [-0.2, 0) is 23.4 Å². The Labute approximate surface area is 195 Å². The van der Waals surface area contributed by atoms with Crippen LogP contribution in [-0.4, -0.2) is 23.5 Å². The molecule has 1 aromatic heterocycles. The summed E-state index contributed by atoms with van der Waals surface area (Å²) in [6, 6.07) is 18.2. The molecule has 1 heterocycles. The molecule has 0 aliphatic heterocycles. The lowest BCUT2D eigenvalue weighted by atomic mass is 9.96. The van der Waals surface area contributed by atoms with Crippen molar-refractivity contribution in [1.82, 2.24) is 9.78 Å². The summed E-state index contributed by atoms with van der Waals surface area (Å²) >= 11 is -1.97. The lowest BCUT2D eigenvalue weighted by Crippen LogP contribution is -2.25. The zero-order valence-electron chi connectivity index (χ0n) is 17.6. The van der Waals surface area contributed by atoms with Gasteiger partial charge in [-0.3, -0.25) is 14.9 Å². The summed E-state index contributed by atoms with van der Waals surface area (Å²) < 4.78 is 34.9. The Balaban J connectivity index is 1.78. The second kappa shape index (κ2) is 9.86. The quantitative estimate of drug-likeness (QED) is 0.239. The van der Waals surface area contributed by atoms with Crippen molar-refractivity contribution in [2.45, 2.75) is 12.3 Å². The minimum Gasteiger partial charge on any atom is -0.306 e. The number of nitro groups is 1. The Morgan fingerprint density at radius 1 is 0.941 bits per heavy atom. The van der Waals surface area contributed by atoms with Crippen molar-refractivity contribution >= 4 is 16.8 Å². The minimum absolute atomic E-state index is 0.0137. The Morgan fingerprint density at radius 2 is 1.53 bits per heavy atom. The minimum atomic E-state index is -1.97. The Morgan fingerprint density at radius 3 is 2.12 bits per heavy atom. The molecular formula is C24H18FN3O5S. The molecule has 3 aromatic carbocycles. The average Bonchev–Trinajstić information content (AvgIpc) is 2.81. The lowest BCUT2D eigenvalue weighted by Gasteiger charge is -2.13. The summed E-state index contributed by atoms with van der Waals surface area (Å²) in [7, 11) is 0. The number of rotatable bonds is 7. The van der Waals surface area contributed by atoms with Crippen molar-refractivity contribution in [3.63, 3.8) is 0 Å². The number of benzene rings is 3. The van der Waals surface area contributed by atoms with E-state index in [0.717, 1.165) is 0 Å². The van der Waals surface area contributed by atoms with Crippen molar-refractivity contribution in [3.8, 4) is 22.3 Å². The van der Waals surface area contributed by atoms with E-state index in [1.165, 1.54) is 47.3 Å². The van der Waals surface area contributed by atoms with Gasteiger partial charge in [0.1, 0.15) is 5.82 Å². The first-order chi connectivity index (χ1) is 16.3. The van der Waals surface area contributed by atoms with E-state index in [2.05, 4.69) is 5.10 Å². The summed E-state index contributed by atoms with van der Waals surface area (Å²) in [6.07, 6.45) is 1.53.